The Morgan fingerprint density at radius 2 is 2.17 bits per heavy atom. The van der Waals surface area contributed by atoms with E-state index in [-0.39, 0.29) is 6.03 Å². The van der Waals surface area contributed by atoms with Crippen LogP contribution in [-0.2, 0) is 0 Å². The number of urea groups is 1. The number of likely N-dealkylation sites (tertiary alicyclic amines) is 1. The van der Waals surface area contributed by atoms with Crippen LogP contribution in [0.3, 0.4) is 0 Å². The lowest BCUT2D eigenvalue weighted by molar-refractivity contribution is 0.178. The second kappa shape index (κ2) is 4.01. The minimum absolute atomic E-state index is 0.0606. The Bertz CT molecular complexity index is 201. The van der Waals surface area contributed by atoms with Gasteiger partial charge in [-0.05, 0) is 12.8 Å². The van der Waals surface area contributed by atoms with Crippen LogP contribution in [0.5, 0.6) is 0 Å². The molecule has 0 aromatic heterocycles. The number of nitrogens with zero attached hydrogens (tertiary/aromatic N) is 2. The van der Waals surface area contributed by atoms with Gasteiger partial charge in [0.25, 0.3) is 0 Å². The first-order valence-electron chi connectivity index (χ1n) is 4.19. The van der Waals surface area contributed by atoms with Crippen molar-refractivity contribution in [1.29, 1.82) is 0 Å². The standard InChI is InChI=1S/C9H14N2O/c1-3-6-10(2)9(12)11-7-4-5-8-11/h1H,4-8H2,2H3. The Balaban J connectivity index is 2.41. The SMILES string of the molecule is C#CCN(C)C(=O)N1CCCC1. The third-order valence-electron chi connectivity index (χ3n) is 2.03. The molecule has 1 aliphatic rings. The van der Waals surface area contributed by atoms with Gasteiger partial charge in [0, 0.05) is 20.1 Å². The van der Waals surface area contributed by atoms with Crippen molar-refractivity contribution in [2.45, 2.75) is 12.8 Å². The lowest BCUT2D eigenvalue weighted by Gasteiger charge is -2.22. The van der Waals surface area contributed by atoms with Gasteiger partial charge in [-0.1, -0.05) is 5.92 Å². The molecule has 0 unspecified atom stereocenters. The Morgan fingerprint density at radius 1 is 1.58 bits per heavy atom. The Hall–Kier alpha value is -1.17. The number of hydrogen-bond donors (Lipinski definition) is 0. The van der Waals surface area contributed by atoms with E-state index in [1.54, 1.807) is 11.9 Å². The van der Waals surface area contributed by atoms with Crippen molar-refractivity contribution in [3.63, 3.8) is 0 Å². The van der Waals surface area contributed by atoms with Gasteiger partial charge in [0.15, 0.2) is 0 Å². The van der Waals surface area contributed by atoms with E-state index in [0.29, 0.717) is 6.54 Å². The molecule has 0 aromatic rings. The van der Waals surface area contributed by atoms with Gasteiger partial charge in [-0.3, -0.25) is 0 Å². The predicted octanol–water partition coefficient (Wildman–Crippen LogP) is 0.767. The molecule has 3 heteroatoms. The van der Waals surface area contributed by atoms with E-state index in [4.69, 9.17) is 6.42 Å². The average Bonchev–Trinajstić information content (AvgIpc) is 2.55. The van der Waals surface area contributed by atoms with E-state index in [2.05, 4.69) is 5.92 Å². The van der Waals surface area contributed by atoms with E-state index < -0.39 is 0 Å². The molecule has 0 saturated carbocycles. The zero-order chi connectivity index (χ0) is 8.97. The van der Waals surface area contributed by atoms with Crippen LogP contribution in [0.4, 0.5) is 4.79 Å². The van der Waals surface area contributed by atoms with Crippen molar-refractivity contribution in [2.75, 3.05) is 26.7 Å². The van der Waals surface area contributed by atoms with E-state index >= 15 is 0 Å². The maximum Gasteiger partial charge on any atom is 0.320 e. The van der Waals surface area contributed by atoms with Crippen LogP contribution in [0.1, 0.15) is 12.8 Å². The number of rotatable bonds is 1. The van der Waals surface area contributed by atoms with Gasteiger partial charge in [-0.2, -0.15) is 0 Å². The maximum absolute atomic E-state index is 11.5. The highest BCUT2D eigenvalue weighted by Crippen LogP contribution is 2.09. The smallest absolute Gasteiger partial charge is 0.320 e. The highest BCUT2D eigenvalue weighted by Gasteiger charge is 2.20. The fourth-order valence-electron chi connectivity index (χ4n) is 1.35. The van der Waals surface area contributed by atoms with Crippen LogP contribution in [0.25, 0.3) is 0 Å². The normalized spacial score (nSPS) is 15.8. The number of terminal acetylenes is 1. The first-order chi connectivity index (χ1) is 5.75. The van der Waals surface area contributed by atoms with Gasteiger partial charge in [0.05, 0.1) is 6.54 Å². The highest BCUT2D eigenvalue weighted by atomic mass is 16.2. The van der Waals surface area contributed by atoms with Crippen molar-refractivity contribution in [2.24, 2.45) is 0 Å². The molecule has 12 heavy (non-hydrogen) atoms. The van der Waals surface area contributed by atoms with Gasteiger partial charge in [-0.15, -0.1) is 6.42 Å². The van der Waals surface area contributed by atoms with Crippen LogP contribution < -0.4 is 0 Å². The fourth-order valence-corrected chi connectivity index (χ4v) is 1.35. The average molecular weight is 166 g/mol. The molecule has 0 N–H and O–H groups in total. The molecule has 66 valence electrons. The first-order valence-corrected chi connectivity index (χ1v) is 4.19. The summed E-state index contributed by atoms with van der Waals surface area (Å²) >= 11 is 0. The molecule has 3 nitrogen and oxygen atoms in total. The van der Waals surface area contributed by atoms with Crippen molar-refractivity contribution in [3.8, 4) is 12.3 Å². The Kier molecular flexibility index (Phi) is 2.98. The van der Waals surface area contributed by atoms with E-state index in [0.717, 1.165) is 25.9 Å². The quantitative estimate of drug-likeness (QED) is 0.528. The molecule has 1 rings (SSSR count). The second-order valence-corrected chi connectivity index (χ2v) is 3.04. The minimum Gasteiger partial charge on any atom is -0.325 e. The van der Waals surface area contributed by atoms with Gasteiger partial charge in [-0.25, -0.2) is 4.79 Å². The van der Waals surface area contributed by atoms with Gasteiger partial charge in [0.2, 0.25) is 0 Å². The largest absolute Gasteiger partial charge is 0.325 e. The molecule has 0 bridgehead atoms. The summed E-state index contributed by atoms with van der Waals surface area (Å²) in [5.74, 6) is 2.45. The molecule has 1 aliphatic heterocycles. The molecule has 0 aromatic carbocycles. The zero-order valence-corrected chi connectivity index (χ0v) is 7.42. The molecule has 1 fully saturated rings. The van der Waals surface area contributed by atoms with Gasteiger partial charge >= 0.3 is 6.03 Å². The molecule has 0 radical (unpaired) electrons. The molecule has 0 spiro atoms. The molecule has 0 atom stereocenters. The second-order valence-electron chi connectivity index (χ2n) is 3.04. The molecular weight excluding hydrogens is 152 g/mol. The minimum atomic E-state index is 0.0606. The van der Waals surface area contributed by atoms with Crippen LogP contribution in [0, 0.1) is 12.3 Å². The van der Waals surface area contributed by atoms with E-state index in [9.17, 15) is 4.79 Å². The summed E-state index contributed by atoms with van der Waals surface area (Å²) in [6.07, 6.45) is 7.34. The first kappa shape index (κ1) is 8.92. The topological polar surface area (TPSA) is 23.6 Å². The van der Waals surface area contributed by atoms with Crippen LogP contribution >= 0.6 is 0 Å². The third-order valence-corrected chi connectivity index (χ3v) is 2.03. The van der Waals surface area contributed by atoms with Gasteiger partial charge < -0.3 is 9.80 Å². The number of carbonyl (C=O) groups excluding carboxylic acids is 1. The summed E-state index contributed by atoms with van der Waals surface area (Å²) in [4.78, 5) is 14.9. The molecule has 1 saturated heterocycles. The third kappa shape index (κ3) is 1.91. The lowest BCUT2D eigenvalue weighted by Crippen LogP contribution is -2.39. The van der Waals surface area contributed by atoms with E-state index in [1.807, 2.05) is 4.90 Å². The predicted molar refractivity (Wildman–Crippen MR) is 47.7 cm³/mol. The summed E-state index contributed by atoms with van der Waals surface area (Å²) in [5.41, 5.74) is 0. The Labute approximate surface area is 73.3 Å². The summed E-state index contributed by atoms with van der Waals surface area (Å²) in [6, 6.07) is 0.0606. The Morgan fingerprint density at radius 3 is 2.67 bits per heavy atom. The van der Waals surface area contributed by atoms with Crippen LogP contribution in [0.15, 0.2) is 0 Å². The number of carbonyl (C=O) groups is 1. The number of hydrogen-bond acceptors (Lipinski definition) is 1. The highest BCUT2D eigenvalue weighted by molar-refractivity contribution is 5.74. The summed E-state index contributed by atoms with van der Waals surface area (Å²) in [6.45, 7) is 2.16. The summed E-state index contributed by atoms with van der Waals surface area (Å²) in [7, 11) is 1.74. The maximum atomic E-state index is 11.5. The molecule has 2 amide bonds. The van der Waals surface area contributed by atoms with Crippen molar-refractivity contribution in [3.05, 3.63) is 0 Å². The summed E-state index contributed by atoms with van der Waals surface area (Å²) in [5, 5.41) is 0. The van der Waals surface area contributed by atoms with Crippen molar-refractivity contribution in [1.82, 2.24) is 9.80 Å². The van der Waals surface area contributed by atoms with Gasteiger partial charge in [0.1, 0.15) is 0 Å². The number of amides is 2. The molecular formula is C9H14N2O. The van der Waals surface area contributed by atoms with Crippen molar-refractivity contribution >= 4 is 6.03 Å². The molecule has 1 heterocycles. The molecule has 0 aliphatic carbocycles. The van der Waals surface area contributed by atoms with Crippen LogP contribution in [0.2, 0.25) is 0 Å². The fraction of sp³-hybridized carbons (Fsp3) is 0.667. The van der Waals surface area contributed by atoms with Crippen LogP contribution in [-0.4, -0.2) is 42.5 Å². The van der Waals surface area contributed by atoms with E-state index in [1.165, 1.54) is 0 Å². The monoisotopic (exact) mass is 166 g/mol. The summed E-state index contributed by atoms with van der Waals surface area (Å²) < 4.78 is 0. The lowest BCUT2D eigenvalue weighted by atomic mass is 10.4. The van der Waals surface area contributed by atoms with Crippen molar-refractivity contribution < 1.29 is 4.79 Å². The zero-order valence-electron chi connectivity index (χ0n) is 7.42.